The van der Waals surface area contributed by atoms with Crippen LogP contribution in [-0.2, 0) is 14.4 Å². The van der Waals surface area contributed by atoms with Crippen LogP contribution in [0.2, 0.25) is 0 Å². The van der Waals surface area contributed by atoms with Crippen LogP contribution in [0, 0.1) is 0 Å². The van der Waals surface area contributed by atoms with Crippen LogP contribution in [0.4, 0.5) is 0 Å². The fourth-order valence-corrected chi connectivity index (χ4v) is 6.35. The molecule has 2 fully saturated rings. The molecule has 4 atom stereocenters. The molecule has 0 aliphatic carbocycles. The number of H-pyrrole nitrogens is 1. The second-order valence-electron chi connectivity index (χ2n) is 9.31. The number of nitrogens with one attached hydrogen (secondary N) is 3. The van der Waals surface area contributed by atoms with Gasteiger partial charge in [-0.05, 0) is 31.5 Å². The Labute approximate surface area is 263 Å². The summed E-state index contributed by atoms with van der Waals surface area (Å²) in [5, 5.41) is 16.3. The number of carbonyl (C=O) groups excluding carboxylic acids is 4. The van der Waals surface area contributed by atoms with Crippen LogP contribution < -0.4 is 72.6 Å². The van der Waals surface area contributed by atoms with E-state index in [1.807, 2.05) is 0 Å². The second kappa shape index (κ2) is 10.9. The zero-order valence-electron chi connectivity index (χ0n) is 20.8. The average molecular weight is 560 g/mol. The molecule has 38 heavy (non-hydrogen) atoms. The number of hydrogen-bond donors (Lipinski definition) is 3. The average Bonchev–Trinajstić information content (AvgIpc) is 3.14. The van der Waals surface area contributed by atoms with Crippen molar-refractivity contribution in [2.45, 2.75) is 42.1 Å². The van der Waals surface area contributed by atoms with Crippen molar-refractivity contribution < 1.29 is 75.7 Å². The van der Waals surface area contributed by atoms with Crippen molar-refractivity contribution in [2.24, 2.45) is 0 Å². The number of benzene rings is 1. The number of rotatable bonds is 6. The van der Waals surface area contributed by atoms with Gasteiger partial charge in [-0.1, -0.05) is 30.3 Å². The third kappa shape index (κ3) is 4.94. The number of nitrogens with zero attached hydrogens (tertiary/aromatic N) is 2. The summed E-state index contributed by atoms with van der Waals surface area (Å²) in [6.45, 7) is 3.40. The number of aliphatic carboxylic acids is 1. The molecule has 3 N–H and O–H groups in total. The molecule has 2 aromatic heterocycles. The van der Waals surface area contributed by atoms with E-state index in [1.165, 1.54) is 29.1 Å². The number of carboxylic acid groups (broad SMARTS) is 1. The fourth-order valence-electron chi connectivity index (χ4n) is 4.73. The molecule has 2 aliphatic rings. The van der Waals surface area contributed by atoms with E-state index >= 15 is 0 Å². The molecular weight excluding hydrogens is 537 g/mol. The molecule has 2 aliphatic heterocycles. The van der Waals surface area contributed by atoms with Gasteiger partial charge in [-0.2, -0.15) is 0 Å². The molecule has 190 valence electrons. The van der Waals surface area contributed by atoms with Crippen LogP contribution in [0.3, 0.4) is 0 Å². The van der Waals surface area contributed by atoms with E-state index in [1.54, 1.807) is 56.3 Å². The summed E-state index contributed by atoms with van der Waals surface area (Å²) in [6, 6.07) is 8.34. The second-order valence-corrected chi connectivity index (χ2v) is 11.1. The van der Waals surface area contributed by atoms with Crippen molar-refractivity contribution in [3.05, 3.63) is 76.2 Å². The van der Waals surface area contributed by atoms with Crippen molar-refractivity contribution in [1.29, 1.82) is 0 Å². The molecular formula is C25H22KN5O6S. The van der Waals surface area contributed by atoms with Crippen LogP contribution in [0.1, 0.15) is 35.8 Å². The van der Waals surface area contributed by atoms with Gasteiger partial charge in [0.05, 0.1) is 17.5 Å². The molecule has 0 bridgehead atoms. The summed E-state index contributed by atoms with van der Waals surface area (Å²) in [6.07, 6.45) is 2.69. The SMILES string of the molecule is CC1(C)S[C@@H]2[C@H](NC(=O)[C@H](NC(=O)c3c[nH]c4cccnc4c3=O)c3ccccc3)C(=O)N2[C@H]1C(=O)[O-].[K+]. The van der Waals surface area contributed by atoms with Gasteiger partial charge in [0.1, 0.15) is 28.5 Å². The number of pyridine rings is 2. The van der Waals surface area contributed by atoms with E-state index < -0.39 is 57.4 Å². The van der Waals surface area contributed by atoms with Crippen molar-refractivity contribution in [3.63, 3.8) is 0 Å². The van der Waals surface area contributed by atoms with Crippen molar-refractivity contribution >= 4 is 46.5 Å². The molecule has 11 nitrogen and oxygen atoms in total. The number of hydrogen-bond acceptors (Lipinski definition) is 8. The maximum absolute atomic E-state index is 13.4. The Morgan fingerprint density at radius 2 is 1.84 bits per heavy atom. The van der Waals surface area contributed by atoms with Gasteiger partial charge in [0.2, 0.25) is 17.2 Å². The number of amides is 3. The van der Waals surface area contributed by atoms with Gasteiger partial charge in [-0.25, -0.2) is 0 Å². The Hall–Kier alpha value is -2.55. The van der Waals surface area contributed by atoms with Crippen LogP contribution in [0.25, 0.3) is 11.0 Å². The number of aromatic amines is 1. The van der Waals surface area contributed by atoms with Gasteiger partial charge in [0.25, 0.3) is 5.91 Å². The molecule has 0 saturated carbocycles. The van der Waals surface area contributed by atoms with Crippen LogP contribution in [0.15, 0.2) is 59.7 Å². The molecule has 4 heterocycles. The zero-order valence-corrected chi connectivity index (χ0v) is 24.7. The molecule has 2 saturated heterocycles. The maximum Gasteiger partial charge on any atom is 1.00 e. The minimum atomic E-state index is -1.36. The van der Waals surface area contributed by atoms with Gasteiger partial charge in [-0.3, -0.25) is 24.2 Å². The fraction of sp³-hybridized carbons (Fsp3) is 0.280. The number of carbonyl (C=O) groups is 4. The third-order valence-corrected chi connectivity index (χ3v) is 8.09. The van der Waals surface area contributed by atoms with Crippen molar-refractivity contribution in [1.82, 2.24) is 25.5 Å². The van der Waals surface area contributed by atoms with Crippen LogP contribution in [0.5, 0.6) is 0 Å². The van der Waals surface area contributed by atoms with Gasteiger partial charge in [0.15, 0.2) is 0 Å². The number of β-lactam (4-membered cyclic amide) rings is 1. The summed E-state index contributed by atoms with van der Waals surface area (Å²) in [5.41, 5.74) is 0.150. The summed E-state index contributed by atoms with van der Waals surface area (Å²) in [5.74, 6) is -3.38. The molecule has 0 unspecified atom stereocenters. The largest absolute Gasteiger partial charge is 1.00 e. The standard InChI is InChI=1S/C25H23N5O6S.K/c1-25(2)19(24(35)36)30-22(34)17(23(30)37-25)29-21(33)15(12-7-4-3-5-8-12)28-20(32)13-11-27-14-9-6-10-26-16(14)18(13)31;/h3-11,15,17,19,23H,1-2H3,(H,27,31)(H,28,32)(H,29,33)(H,35,36);/q;+1/p-1/t15-,17-,19+,23-;/m1./s1. The summed E-state index contributed by atoms with van der Waals surface area (Å²) in [4.78, 5) is 71.9. The van der Waals surface area contributed by atoms with E-state index in [0.717, 1.165) is 0 Å². The first kappa shape index (κ1) is 28.5. The number of thioether (sulfide) groups is 1. The zero-order chi connectivity index (χ0) is 26.5. The maximum atomic E-state index is 13.4. The summed E-state index contributed by atoms with van der Waals surface area (Å²) in [7, 11) is 0. The van der Waals surface area contributed by atoms with Crippen LogP contribution in [-0.4, -0.2) is 60.8 Å². The van der Waals surface area contributed by atoms with Crippen LogP contribution >= 0.6 is 11.8 Å². The third-order valence-electron chi connectivity index (χ3n) is 6.52. The topological polar surface area (TPSA) is 164 Å². The first-order valence-corrected chi connectivity index (χ1v) is 12.3. The van der Waals surface area contributed by atoms with E-state index in [0.29, 0.717) is 11.1 Å². The monoisotopic (exact) mass is 559 g/mol. The molecule has 13 heteroatoms. The summed E-state index contributed by atoms with van der Waals surface area (Å²) >= 11 is 1.26. The van der Waals surface area contributed by atoms with E-state index in [-0.39, 0.29) is 62.5 Å². The summed E-state index contributed by atoms with van der Waals surface area (Å²) < 4.78 is -0.809. The Morgan fingerprint density at radius 1 is 1.13 bits per heavy atom. The minimum Gasteiger partial charge on any atom is -0.548 e. The minimum absolute atomic E-state index is 0. The van der Waals surface area contributed by atoms with Gasteiger partial charge in [0, 0.05) is 17.1 Å². The quantitative estimate of drug-likeness (QED) is 0.209. The number of fused-ring (bicyclic) bond motifs is 2. The Morgan fingerprint density at radius 3 is 2.53 bits per heavy atom. The Balaban J connectivity index is 0.00000336. The first-order chi connectivity index (χ1) is 17.6. The smallest absolute Gasteiger partial charge is 0.548 e. The van der Waals surface area contributed by atoms with Gasteiger partial charge >= 0.3 is 51.4 Å². The molecule has 1 aromatic carbocycles. The molecule has 3 aromatic rings. The van der Waals surface area contributed by atoms with Gasteiger partial charge in [-0.15, -0.1) is 11.8 Å². The van der Waals surface area contributed by atoms with E-state index in [9.17, 15) is 29.1 Å². The van der Waals surface area contributed by atoms with E-state index in [4.69, 9.17) is 0 Å². The molecule has 0 spiro atoms. The Kier molecular flexibility index (Phi) is 8.16. The Bertz CT molecular complexity index is 1500. The van der Waals surface area contributed by atoms with Crippen molar-refractivity contribution in [2.75, 3.05) is 0 Å². The predicted molar refractivity (Wildman–Crippen MR) is 132 cm³/mol. The van der Waals surface area contributed by atoms with Gasteiger partial charge < -0.3 is 30.4 Å². The van der Waals surface area contributed by atoms with E-state index in [2.05, 4.69) is 20.6 Å². The molecule has 0 radical (unpaired) electrons. The van der Waals surface area contributed by atoms with Crippen molar-refractivity contribution in [3.8, 4) is 0 Å². The molecule has 5 rings (SSSR count). The number of aromatic nitrogens is 2. The predicted octanol–water partition coefficient (Wildman–Crippen LogP) is -3.30. The normalized spacial score (nSPS) is 22.0. The molecule has 3 amide bonds. The number of carboxylic acids is 1. The first-order valence-electron chi connectivity index (χ1n) is 11.4.